The van der Waals surface area contributed by atoms with Gasteiger partial charge in [0.05, 0.1) is 18.7 Å². The highest BCUT2D eigenvalue weighted by Gasteiger charge is 2.38. The van der Waals surface area contributed by atoms with Crippen LogP contribution >= 0.6 is 0 Å². The number of amides is 2. The second kappa shape index (κ2) is 9.07. The maximum absolute atomic E-state index is 13.2. The molecular formula is C21H27N5O5. The number of methoxy groups -OCH3 is 1. The molecule has 3 N–H and O–H groups in total. The Morgan fingerprint density at radius 2 is 2.00 bits per heavy atom. The number of nitrogens with two attached hydrogens (primary N) is 1. The maximum Gasteiger partial charge on any atom is 0.330 e. The number of rotatable bonds is 7. The van der Waals surface area contributed by atoms with E-state index in [4.69, 9.17) is 10.5 Å². The molecule has 0 aliphatic carbocycles. The van der Waals surface area contributed by atoms with Gasteiger partial charge in [-0.25, -0.2) is 4.79 Å². The number of nitrogen functional groups attached to an aromatic ring is 1. The quantitative estimate of drug-likeness (QED) is 0.674. The number of hydrogen-bond acceptors (Lipinski definition) is 6. The molecule has 31 heavy (non-hydrogen) atoms. The van der Waals surface area contributed by atoms with Crippen LogP contribution < -0.4 is 31.5 Å². The highest BCUT2D eigenvalue weighted by atomic mass is 16.5. The molecule has 1 aliphatic rings. The standard InChI is InChI=1S/C21H27N5O5/c1-4-5-10-25-18(22)17(19(28)23-21(25)30)24(2)20(29)13-11-16(27)26(12-13)14-8-6-7-9-15(14)31-3/h6-9,13H,4-5,10-12,22H2,1-3H3,(H,23,28,30). The number of nitrogens with zero attached hydrogens (tertiary/aromatic N) is 3. The van der Waals surface area contributed by atoms with Crippen molar-refractivity contribution in [1.29, 1.82) is 0 Å². The fourth-order valence-corrected chi connectivity index (χ4v) is 3.78. The zero-order valence-electron chi connectivity index (χ0n) is 17.9. The normalized spacial score (nSPS) is 15.9. The Kier molecular flexibility index (Phi) is 6.47. The fraction of sp³-hybridized carbons (Fsp3) is 0.429. The number of ether oxygens (including phenoxy) is 1. The van der Waals surface area contributed by atoms with Crippen LogP contribution in [0.3, 0.4) is 0 Å². The van der Waals surface area contributed by atoms with E-state index in [1.54, 1.807) is 24.3 Å². The minimum atomic E-state index is -0.739. The van der Waals surface area contributed by atoms with Crippen LogP contribution in [-0.2, 0) is 16.1 Å². The number of hydrogen-bond donors (Lipinski definition) is 2. The number of carbonyl (C=O) groups excluding carboxylic acids is 2. The Hall–Kier alpha value is -3.56. The molecular weight excluding hydrogens is 402 g/mol. The number of nitrogens with one attached hydrogen (secondary N) is 1. The monoisotopic (exact) mass is 429 g/mol. The van der Waals surface area contributed by atoms with Crippen molar-refractivity contribution < 1.29 is 14.3 Å². The summed E-state index contributed by atoms with van der Waals surface area (Å²) in [7, 11) is 2.94. The first-order chi connectivity index (χ1) is 14.8. The molecule has 1 atom stereocenters. The second-order valence-corrected chi connectivity index (χ2v) is 7.47. The van der Waals surface area contributed by atoms with Crippen LogP contribution in [0.2, 0.25) is 0 Å². The van der Waals surface area contributed by atoms with Crippen molar-refractivity contribution in [2.45, 2.75) is 32.7 Å². The van der Waals surface area contributed by atoms with Crippen LogP contribution in [0.15, 0.2) is 33.9 Å². The van der Waals surface area contributed by atoms with Gasteiger partial charge in [-0.05, 0) is 18.6 Å². The number of aromatic nitrogens is 2. The van der Waals surface area contributed by atoms with Crippen LogP contribution in [0.5, 0.6) is 5.75 Å². The van der Waals surface area contributed by atoms with Gasteiger partial charge < -0.3 is 20.3 Å². The van der Waals surface area contributed by atoms with Crippen LogP contribution in [-0.4, -0.2) is 42.1 Å². The summed E-state index contributed by atoms with van der Waals surface area (Å²) in [5.41, 5.74) is 5.24. The van der Waals surface area contributed by atoms with Crippen molar-refractivity contribution in [3.63, 3.8) is 0 Å². The third-order valence-electron chi connectivity index (χ3n) is 5.47. The summed E-state index contributed by atoms with van der Waals surface area (Å²) >= 11 is 0. The summed E-state index contributed by atoms with van der Waals surface area (Å²) in [6, 6.07) is 7.07. The first-order valence-electron chi connectivity index (χ1n) is 10.1. The van der Waals surface area contributed by atoms with E-state index in [-0.39, 0.29) is 30.4 Å². The third kappa shape index (κ3) is 4.18. The van der Waals surface area contributed by atoms with Gasteiger partial charge in [-0.3, -0.25) is 23.9 Å². The van der Waals surface area contributed by atoms with Crippen LogP contribution in [0, 0.1) is 5.92 Å². The zero-order valence-corrected chi connectivity index (χ0v) is 17.9. The summed E-state index contributed by atoms with van der Waals surface area (Å²) in [4.78, 5) is 55.2. The first-order valence-corrected chi connectivity index (χ1v) is 10.1. The van der Waals surface area contributed by atoms with Crippen molar-refractivity contribution in [3.8, 4) is 5.75 Å². The molecule has 0 spiro atoms. The predicted molar refractivity (Wildman–Crippen MR) is 118 cm³/mol. The molecule has 1 saturated heterocycles. The molecule has 166 valence electrons. The van der Waals surface area contributed by atoms with Gasteiger partial charge in [0, 0.05) is 26.6 Å². The molecule has 10 nitrogen and oxygen atoms in total. The van der Waals surface area contributed by atoms with Gasteiger partial charge >= 0.3 is 5.69 Å². The van der Waals surface area contributed by atoms with E-state index in [0.717, 1.165) is 11.3 Å². The molecule has 0 bridgehead atoms. The Labute approximate surface area is 179 Å². The Bertz CT molecular complexity index is 1110. The highest BCUT2D eigenvalue weighted by Crippen LogP contribution is 2.33. The summed E-state index contributed by atoms with van der Waals surface area (Å²) in [6.45, 7) is 2.44. The second-order valence-electron chi connectivity index (χ2n) is 7.47. The number of unbranched alkanes of at least 4 members (excludes halogenated alkanes) is 1. The molecule has 3 rings (SSSR count). The SMILES string of the molecule is CCCCn1c(N)c(N(C)C(=O)C2CC(=O)N(c3ccccc3OC)C2)c(=O)[nH]c1=O. The van der Waals surface area contributed by atoms with E-state index in [9.17, 15) is 19.2 Å². The molecule has 1 aromatic carbocycles. The van der Waals surface area contributed by atoms with E-state index < -0.39 is 23.1 Å². The van der Waals surface area contributed by atoms with Gasteiger partial charge in [0.25, 0.3) is 5.56 Å². The average Bonchev–Trinajstić information content (AvgIpc) is 3.14. The molecule has 1 aliphatic heterocycles. The van der Waals surface area contributed by atoms with Crippen molar-refractivity contribution >= 4 is 29.0 Å². The Morgan fingerprint density at radius 3 is 2.68 bits per heavy atom. The van der Waals surface area contributed by atoms with Gasteiger partial charge in [-0.1, -0.05) is 25.5 Å². The lowest BCUT2D eigenvalue weighted by molar-refractivity contribution is -0.124. The van der Waals surface area contributed by atoms with Crippen molar-refractivity contribution in [2.24, 2.45) is 5.92 Å². The minimum Gasteiger partial charge on any atom is -0.495 e. The molecule has 0 radical (unpaired) electrons. The summed E-state index contributed by atoms with van der Waals surface area (Å²) in [5, 5.41) is 0. The number of para-hydroxylation sites is 2. The topological polar surface area (TPSA) is 131 Å². The lowest BCUT2D eigenvalue weighted by Gasteiger charge is -2.23. The molecule has 1 aromatic heterocycles. The number of benzene rings is 1. The van der Waals surface area contributed by atoms with E-state index >= 15 is 0 Å². The summed E-state index contributed by atoms with van der Waals surface area (Å²) < 4.78 is 6.58. The molecule has 2 heterocycles. The number of H-pyrrole nitrogens is 1. The predicted octanol–water partition coefficient (Wildman–Crippen LogP) is 0.943. The van der Waals surface area contributed by atoms with Crippen LogP contribution in [0.25, 0.3) is 0 Å². The van der Waals surface area contributed by atoms with E-state index in [1.807, 2.05) is 6.92 Å². The fourth-order valence-electron chi connectivity index (χ4n) is 3.78. The van der Waals surface area contributed by atoms with Crippen molar-refractivity contribution in [1.82, 2.24) is 9.55 Å². The third-order valence-corrected chi connectivity index (χ3v) is 5.47. The van der Waals surface area contributed by atoms with Gasteiger partial charge in [0.2, 0.25) is 11.8 Å². The molecule has 1 unspecified atom stereocenters. The molecule has 2 aromatic rings. The van der Waals surface area contributed by atoms with Gasteiger partial charge in [0.15, 0.2) is 5.69 Å². The Morgan fingerprint density at radius 1 is 1.29 bits per heavy atom. The lowest BCUT2D eigenvalue weighted by Crippen LogP contribution is -2.42. The maximum atomic E-state index is 13.2. The van der Waals surface area contributed by atoms with Gasteiger partial charge in [-0.2, -0.15) is 0 Å². The smallest absolute Gasteiger partial charge is 0.330 e. The molecule has 1 fully saturated rings. The Balaban J connectivity index is 1.88. The largest absolute Gasteiger partial charge is 0.495 e. The summed E-state index contributed by atoms with van der Waals surface area (Å²) in [5.74, 6) is -0.850. The zero-order chi connectivity index (χ0) is 22.7. The molecule has 2 amide bonds. The van der Waals surface area contributed by atoms with Gasteiger partial charge in [-0.15, -0.1) is 0 Å². The number of anilines is 3. The highest BCUT2D eigenvalue weighted by molar-refractivity contribution is 6.05. The van der Waals surface area contributed by atoms with Crippen LogP contribution in [0.4, 0.5) is 17.2 Å². The average molecular weight is 429 g/mol. The summed E-state index contributed by atoms with van der Waals surface area (Å²) in [6.07, 6.45) is 1.52. The van der Waals surface area contributed by atoms with E-state index in [1.165, 1.54) is 23.6 Å². The van der Waals surface area contributed by atoms with Crippen molar-refractivity contribution in [2.75, 3.05) is 36.2 Å². The van der Waals surface area contributed by atoms with Gasteiger partial charge in [0.1, 0.15) is 11.6 Å². The first kappa shape index (κ1) is 22.1. The number of aromatic amines is 1. The molecule has 0 saturated carbocycles. The molecule has 10 heteroatoms. The lowest BCUT2D eigenvalue weighted by atomic mass is 10.1. The van der Waals surface area contributed by atoms with Crippen molar-refractivity contribution in [3.05, 3.63) is 45.1 Å². The van der Waals surface area contributed by atoms with E-state index in [2.05, 4.69) is 4.98 Å². The van der Waals surface area contributed by atoms with Crippen LogP contribution in [0.1, 0.15) is 26.2 Å². The van der Waals surface area contributed by atoms with E-state index in [0.29, 0.717) is 24.4 Å². The number of carbonyl (C=O) groups is 2. The minimum absolute atomic E-state index is 0.00545.